The number of hydrogen-bond acceptors (Lipinski definition) is 14. The van der Waals surface area contributed by atoms with Crippen molar-refractivity contribution < 1.29 is 59.4 Å². The van der Waals surface area contributed by atoms with Gasteiger partial charge in [-0.25, -0.2) is 4.98 Å². The Balaban J connectivity index is 0.00000253. The average Bonchev–Trinajstić information content (AvgIpc) is 3.27. The number of carbonyl (C=O) groups is 3. The zero-order chi connectivity index (χ0) is 26.1. The van der Waals surface area contributed by atoms with Crippen LogP contribution in [0.1, 0.15) is 5.69 Å². The van der Waals surface area contributed by atoms with E-state index in [4.69, 9.17) is 10.6 Å². The molecule has 198 valence electrons. The number of aliphatic carboxylic acids is 1. The summed E-state index contributed by atoms with van der Waals surface area (Å²) in [5, 5.41) is 21.6. The number of thioether (sulfide) groups is 2. The molecule has 2 amide bonds. The van der Waals surface area contributed by atoms with Crippen molar-refractivity contribution in [3.05, 3.63) is 43.1 Å². The Labute approximate surface area is 247 Å². The Hall–Kier alpha value is -2.68. The molecule has 0 aromatic carbocycles. The monoisotopic (exact) mass is 594 g/mol. The molecule has 4 heterocycles. The Morgan fingerprint density at radius 2 is 2.08 bits per heavy atom. The molecule has 38 heavy (non-hydrogen) atoms. The van der Waals surface area contributed by atoms with E-state index in [1.54, 1.807) is 0 Å². The minimum atomic E-state index is -1.56. The smallest absolute Gasteiger partial charge is 0.543 e. The van der Waals surface area contributed by atoms with Crippen LogP contribution in [0, 0.1) is 0 Å². The Morgan fingerprint density at radius 3 is 2.68 bits per heavy atom. The molecular formula is C18H19N8NaO8S3. The first-order valence-electron chi connectivity index (χ1n) is 9.94. The second-order valence-electron chi connectivity index (χ2n) is 7.28. The molecule has 0 saturated carbocycles. The van der Waals surface area contributed by atoms with Crippen molar-refractivity contribution in [3.8, 4) is 0 Å². The third-order valence-electron chi connectivity index (χ3n) is 5.01. The standard InChI is InChI=1S/C18H18N8O7S3.Na.H2O/c1-25-18(22-12(28)13(29)23-25)36-4-6-3-34-15-9(14(30)26(15)10(6)16(31)32)21-11(27)8(24-33-2)7-5-35-17(19)20-7;;/h5,9,15H,3-4H2,1-2H3,(H2,19,20)(H,21,27)(H,23,29)(H,31,32);;1H2/q;+1;/p-1/t9-,15-;;/m1../s1. The van der Waals surface area contributed by atoms with Crippen LogP contribution in [0.2, 0.25) is 0 Å². The van der Waals surface area contributed by atoms with Gasteiger partial charge < -0.3 is 31.3 Å². The molecule has 0 unspecified atom stereocenters. The minimum Gasteiger partial charge on any atom is -0.543 e. The number of H-pyrrole nitrogens is 1. The molecule has 6 N–H and O–H groups in total. The second kappa shape index (κ2) is 12.9. The predicted octanol–water partition coefficient (Wildman–Crippen LogP) is -6.77. The molecule has 2 atom stereocenters. The number of anilines is 1. The van der Waals surface area contributed by atoms with E-state index in [1.165, 1.54) is 36.0 Å². The number of nitrogens with zero attached hydrogens (tertiary/aromatic N) is 5. The van der Waals surface area contributed by atoms with Gasteiger partial charge in [0.05, 0.1) is 11.7 Å². The number of nitrogen functional groups attached to an aromatic ring is 1. The van der Waals surface area contributed by atoms with E-state index in [2.05, 4.69) is 25.5 Å². The first kappa shape index (κ1) is 31.5. The summed E-state index contributed by atoms with van der Waals surface area (Å²) in [5.74, 6) is -2.68. The quantitative estimate of drug-likeness (QED) is 0.0644. The van der Waals surface area contributed by atoms with Gasteiger partial charge in [0.15, 0.2) is 16.0 Å². The molecule has 20 heteroatoms. The number of carboxylic acids is 1. The summed E-state index contributed by atoms with van der Waals surface area (Å²) < 4.78 is 1.24. The van der Waals surface area contributed by atoms with E-state index >= 15 is 0 Å². The summed E-state index contributed by atoms with van der Waals surface area (Å²) in [5.41, 5.74) is 3.77. The zero-order valence-electron chi connectivity index (χ0n) is 20.0. The number of fused-ring (bicyclic) bond motifs is 1. The van der Waals surface area contributed by atoms with Crippen molar-refractivity contribution in [2.45, 2.75) is 16.6 Å². The zero-order valence-corrected chi connectivity index (χ0v) is 24.5. The molecule has 0 radical (unpaired) electrons. The van der Waals surface area contributed by atoms with Crippen LogP contribution in [0.5, 0.6) is 0 Å². The van der Waals surface area contributed by atoms with Crippen LogP contribution in [-0.4, -0.2) is 83.7 Å². The largest absolute Gasteiger partial charge is 1.00 e. The molecule has 1 fully saturated rings. The van der Waals surface area contributed by atoms with Crippen LogP contribution in [-0.2, 0) is 26.3 Å². The number of aromatic amines is 1. The van der Waals surface area contributed by atoms with Gasteiger partial charge in [-0.15, -0.1) is 23.1 Å². The Morgan fingerprint density at radius 1 is 1.37 bits per heavy atom. The van der Waals surface area contributed by atoms with E-state index in [0.29, 0.717) is 5.57 Å². The number of carbonyl (C=O) groups excluding carboxylic acids is 3. The predicted molar refractivity (Wildman–Crippen MR) is 132 cm³/mol. The number of thiazole rings is 1. The van der Waals surface area contributed by atoms with Gasteiger partial charge in [-0.1, -0.05) is 16.9 Å². The van der Waals surface area contributed by atoms with Crippen LogP contribution in [0.15, 0.2) is 36.6 Å². The first-order valence-corrected chi connectivity index (χ1v) is 12.8. The summed E-state index contributed by atoms with van der Waals surface area (Å²) in [7, 11) is 2.72. The number of nitrogens with one attached hydrogen (secondary N) is 2. The average molecular weight is 595 g/mol. The Kier molecular flexibility index (Phi) is 10.7. The van der Waals surface area contributed by atoms with Crippen molar-refractivity contribution in [1.29, 1.82) is 0 Å². The summed E-state index contributed by atoms with van der Waals surface area (Å²) in [6, 6.07) is -1.02. The molecule has 0 aliphatic carbocycles. The summed E-state index contributed by atoms with van der Waals surface area (Å²) >= 11 is 3.35. The molecule has 2 aromatic heterocycles. The van der Waals surface area contributed by atoms with Crippen molar-refractivity contribution in [1.82, 2.24) is 30.0 Å². The maximum absolute atomic E-state index is 12.9. The van der Waals surface area contributed by atoms with E-state index < -0.39 is 40.3 Å². The van der Waals surface area contributed by atoms with Crippen molar-refractivity contribution in [2.75, 3.05) is 24.3 Å². The third-order valence-corrected chi connectivity index (χ3v) is 8.14. The number of carboxylic acid groups (broad SMARTS) is 1. The van der Waals surface area contributed by atoms with Gasteiger partial charge in [0.25, 0.3) is 11.8 Å². The Bertz CT molecular complexity index is 1440. The molecule has 4 rings (SSSR count). The van der Waals surface area contributed by atoms with Gasteiger partial charge in [0.2, 0.25) is 0 Å². The van der Waals surface area contributed by atoms with Gasteiger partial charge in [-0.3, -0.25) is 33.9 Å². The number of aryl methyl sites for hydroxylation is 1. The van der Waals surface area contributed by atoms with Gasteiger partial charge in [-0.05, 0) is 5.57 Å². The molecule has 0 spiro atoms. The minimum absolute atomic E-state index is 0. The van der Waals surface area contributed by atoms with E-state index in [0.717, 1.165) is 28.0 Å². The number of β-lactam (4-membered cyclic amide) rings is 1. The number of hydrogen-bond donors (Lipinski definition) is 3. The fourth-order valence-electron chi connectivity index (χ4n) is 3.43. The van der Waals surface area contributed by atoms with Crippen LogP contribution in [0.4, 0.5) is 5.13 Å². The van der Waals surface area contributed by atoms with E-state index in [1.807, 2.05) is 0 Å². The molecule has 0 bridgehead atoms. The molecule has 16 nitrogen and oxygen atoms in total. The topological polar surface area (TPSA) is 249 Å². The van der Waals surface area contributed by atoms with Crippen LogP contribution in [0.25, 0.3) is 0 Å². The number of rotatable bonds is 8. The maximum atomic E-state index is 12.9. The number of aromatic nitrogens is 4. The van der Waals surface area contributed by atoms with Gasteiger partial charge >= 0.3 is 40.7 Å². The van der Waals surface area contributed by atoms with E-state index in [-0.39, 0.29) is 73.9 Å². The van der Waals surface area contributed by atoms with Crippen molar-refractivity contribution in [2.24, 2.45) is 12.2 Å². The summed E-state index contributed by atoms with van der Waals surface area (Å²) in [6.45, 7) is 0. The molecule has 2 aromatic rings. The number of nitrogens with two attached hydrogens (primary N) is 1. The second-order valence-corrected chi connectivity index (χ2v) is 10.2. The van der Waals surface area contributed by atoms with Crippen molar-refractivity contribution in [3.63, 3.8) is 0 Å². The SMILES string of the molecule is CON=C(C(=O)N[C@@H]1C(=O)N2C(C(=O)[O-])=C(CSc3nc(=O)c(=O)[nH]n3C)CS[C@H]12)c1csc(N)n1.O.[Na+]. The first-order chi connectivity index (χ1) is 17.1. The van der Waals surface area contributed by atoms with Gasteiger partial charge in [-0.2, -0.15) is 4.98 Å². The molecular weight excluding hydrogens is 575 g/mol. The van der Waals surface area contributed by atoms with Crippen molar-refractivity contribution >= 4 is 63.5 Å². The fourth-order valence-corrected chi connectivity index (χ4v) is 6.38. The van der Waals surface area contributed by atoms with Gasteiger partial charge in [0, 0.05) is 23.9 Å². The van der Waals surface area contributed by atoms with Crippen LogP contribution < -0.4 is 56.8 Å². The number of amides is 2. The summed E-state index contributed by atoms with van der Waals surface area (Å²) in [6.07, 6.45) is 0. The molecule has 1 saturated heterocycles. The normalized spacial score (nSPS) is 18.5. The van der Waals surface area contributed by atoms with Crippen LogP contribution in [0.3, 0.4) is 0 Å². The maximum Gasteiger partial charge on any atom is 1.00 e. The van der Waals surface area contributed by atoms with E-state index in [9.17, 15) is 29.1 Å². The molecule has 2 aliphatic rings. The summed E-state index contributed by atoms with van der Waals surface area (Å²) in [4.78, 5) is 74.0. The fraction of sp³-hybridized carbons (Fsp3) is 0.333. The third kappa shape index (κ3) is 6.14. The van der Waals surface area contributed by atoms with Crippen LogP contribution >= 0.6 is 34.9 Å². The molecule has 2 aliphatic heterocycles. The number of oxime groups is 1. The van der Waals surface area contributed by atoms with Gasteiger partial charge in [0.1, 0.15) is 24.2 Å².